The van der Waals surface area contributed by atoms with Crippen molar-refractivity contribution < 1.29 is 28.8 Å². The van der Waals surface area contributed by atoms with Gasteiger partial charge in [-0.1, -0.05) is 12.1 Å². The van der Waals surface area contributed by atoms with Crippen molar-refractivity contribution in [1.82, 2.24) is 0 Å². The normalized spacial score (nSPS) is 13.3. The Kier molecular flexibility index (Phi) is 4.79. The molecule has 6 nitrogen and oxygen atoms in total. The van der Waals surface area contributed by atoms with Gasteiger partial charge in [0.1, 0.15) is 13.2 Å². The molecule has 1 aliphatic heterocycles. The summed E-state index contributed by atoms with van der Waals surface area (Å²) in [5, 5.41) is 9.62. The van der Waals surface area contributed by atoms with Crippen molar-refractivity contribution in [3.8, 4) is 23.0 Å². The van der Waals surface area contributed by atoms with Crippen LogP contribution in [0.4, 0.5) is 0 Å². The van der Waals surface area contributed by atoms with E-state index in [0.29, 0.717) is 47.3 Å². The first-order valence-corrected chi connectivity index (χ1v) is 7.69. The first-order chi connectivity index (χ1) is 12.1. The van der Waals surface area contributed by atoms with Gasteiger partial charge in [-0.05, 0) is 41.5 Å². The van der Waals surface area contributed by atoms with E-state index in [0.717, 1.165) is 0 Å². The van der Waals surface area contributed by atoms with Crippen LogP contribution in [-0.2, 0) is 4.79 Å². The number of rotatable bonds is 5. The maximum absolute atomic E-state index is 11.8. The molecule has 0 radical (unpaired) electrons. The minimum Gasteiger partial charge on any atom is -0.493 e. The van der Waals surface area contributed by atoms with Gasteiger partial charge in [0, 0.05) is 0 Å². The summed E-state index contributed by atoms with van der Waals surface area (Å²) >= 11 is 0. The Morgan fingerprint density at radius 2 is 1.72 bits per heavy atom. The molecule has 0 saturated heterocycles. The predicted octanol–water partition coefficient (Wildman–Crippen LogP) is 3.10. The molecule has 1 aliphatic rings. The standard InChI is InChI=1S/C19H18O6/c1-22-15-6-4-13(11-17(15)23-2)14(19(20)21)9-12-3-5-16-18(10-12)25-8-7-24-16/h3-6,9-11H,7-8H2,1-2H3,(H,20,21)/b14-9+. The Balaban J connectivity index is 2.01. The van der Waals surface area contributed by atoms with Crippen LogP contribution < -0.4 is 18.9 Å². The molecule has 2 aromatic rings. The van der Waals surface area contributed by atoms with Gasteiger partial charge >= 0.3 is 5.97 Å². The molecule has 2 aromatic carbocycles. The zero-order valence-corrected chi connectivity index (χ0v) is 13.9. The minimum absolute atomic E-state index is 0.137. The highest BCUT2D eigenvalue weighted by Crippen LogP contribution is 2.34. The molecule has 0 atom stereocenters. The zero-order chi connectivity index (χ0) is 17.8. The fraction of sp³-hybridized carbons (Fsp3) is 0.211. The molecule has 130 valence electrons. The van der Waals surface area contributed by atoms with E-state index in [2.05, 4.69) is 0 Å². The highest BCUT2D eigenvalue weighted by molar-refractivity contribution is 6.20. The second kappa shape index (κ2) is 7.17. The number of carbonyl (C=O) groups is 1. The Morgan fingerprint density at radius 3 is 2.40 bits per heavy atom. The van der Waals surface area contributed by atoms with E-state index in [-0.39, 0.29) is 5.57 Å². The predicted molar refractivity (Wildman–Crippen MR) is 92.5 cm³/mol. The number of methoxy groups -OCH3 is 2. The Hall–Kier alpha value is -3.15. The third-order valence-electron chi connectivity index (χ3n) is 3.80. The number of benzene rings is 2. The van der Waals surface area contributed by atoms with Crippen molar-refractivity contribution in [1.29, 1.82) is 0 Å². The van der Waals surface area contributed by atoms with Crippen LogP contribution in [0.3, 0.4) is 0 Å². The maximum atomic E-state index is 11.8. The summed E-state index contributed by atoms with van der Waals surface area (Å²) in [6.07, 6.45) is 1.59. The highest BCUT2D eigenvalue weighted by atomic mass is 16.6. The van der Waals surface area contributed by atoms with Crippen LogP contribution in [0.2, 0.25) is 0 Å². The lowest BCUT2D eigenvalue weighted by Gasteiger charge is -2.18. The molecule has 0 saturated carbocycles. The molecule has 1 heterocycles. The van der Waals surface area contributed by atoms with Crippen LogP contribution in [0.15, 0.2) is 36.4 Å². The van der Waals surface area contributed by atoms with Crippen molar-refractivity contribution in [2.45, 2.75) is 0 Å². The van der Waals surface area contributed by atoms with E-state index in [1.165, 1.54) is 14.2 Å². The molecule has 0 bridgehead atoms. The lowest BCUT2D eigenvalue weighted by atomic mass is 10.0. The molecule has 1 N–H and O–H groups in total. The van der Waals surface area contributed by atoms with E-state index in [1.807, 2.05) is 0 Å². The molecular formula is C19H18O6. The van der Waals surface area contributed by atoms with Crippen LogP contribution in [0.25, 0.3) is 11.6 Å². The smallest absolute Gasteiger partial charge is 0.336 e. The van der Waals surface area contributed by atoms with Crippen molar-refractivity contribution in [2.75, 3.05) is 27.4 Å². The Bertz CT molecular complexity index is 825. The van der Waals surface area contributed by atoms with E-state index < -0.39 is 5.97 Å². The van der Waals surface area contributed by atoms with Crippen LogP contribution in [0.5, 0.6) is 23.0 Å². The molecule has 0 aromatic heterocycles. The first-order valence-electron chi connectivity index (χ1n) is 7.69. The fourth-order valence-corrected chi connectivity index (χ4v) is 2.59. The van der Waals surface area contributed by atoms with E-state index in [4.69, 9.17) is 18.9 Å². The summed E-state index contributed by atoms with van der Waals surface area (Å²) in [6.45, 7) is 0.982. The topological polar surface area (TPSA) is 74.2 Å². The van der Waals surface area contributed by atoms with Crippen molar-refractivity contribution >= 4 is 17.6 Å². The number of hydrogen-bond donors (Lipinski definition) is 1. The van der Waals surface area contributed by atoms with Gasteiger partial charge in [0.15, 0.2) is 23.0 Å². The van der Waals surface area contributed by atoms with Gasteiger partial charge in [-0.15, -0.1) is 0 Å². The third kappa shape index (κ3) is 3.52. The maximum Gasteiger partial charge on any atom is 0.336 e. The summed E-state index contributed by atoms with van der Waals surface area (Å²) in [6, 6.07) is 10.3. The van der Waals surface area contributed by atoms with Gasteiger partial charge < -0.3 is 24.1 Å². The molecule has 0 aliphatic carbocycles. The minimum atomic E-state index is -1.04. The summed E-state index contributed by atoms with van der Waals surface area (Å²) < 4.78 is 21.5. The monoisotopic (exact) mass is 342 g/mol. The number of aliphatic carboxylic acids is 1. The summed E-state index contributed by atoms with van der Waals surface area (Å²) in [7, 11) is 3.03. The number of hydrogen-bond acceptors (Lipinski definition) is 5. The van der Waals surface area contributed by atoms with Gasteiger partial charge in [0.25, 0.3) is 0 Å². The van der Waals surface area contributed by atoms with Crippen molar-refractivity contribution in [3.63, 3.8) is 0 Å². The number of ether oxygens (including phenoxy) is 4. The van der Waals surface area contributed by atoms with E-state index in [1.54, 1.807) is 42.5 Å². The van der Waals surface area contributed by atoms with E-state index >= 15 is 0 Å². The average molecular weight is 342 g/mol. The first kappa shape index (κ1) is 16.7. The van der Waals surface area contributed by atoms with Crippen LogP contribution in [0.1, 0.15) is 11.1 Å². The SMILES string of the molecule is COc1ccc(/C(=C\c2ccc3c(c2)OCCO3)C(=O)O)cc1OC. The van der Waals surface area contributed by atoms with Crippen LogP contribution in [0, 0.1) is 0 Å². The molecule has 6 heteroatoms. The van der Waals surface area contributed by atoms with Gasteiger partial charge in [-0.3, -0.25) is 0 Å². The fourth-order valence-electron chi connectivity index (χ4n) is 2.59. The molecule has 0 amide bonds. The van der Waals surface area contributed by atoms with Crippen LogP contribution in [-0.4, -0.2) is 38.5 Å². The molecule has 25 heavy (non-hydrogen) atoms. The Morgan fingerprint density at radius 1 is 1.00 bits per heavy atom. The number of fused-ring (bicyclic) bond motifs is 1. The van der Waals surface area contributed by atoms with Crippen molar-refractivity contribution in [2.24, 2.45) is 0 Å². The molecule has 0 unspecified atom stereocenters. The van der Waals surface area contributed by atoms with Gasteiger partial charge in [-0.2, -0.15) is 0 Å². The zero-order valence-electron chi connectivity index (χ0n) is 13.9. The number of carboxylic acid groups (broad SMARTS) is 1. The summed E-state index contributed by atoms with van der Waals surface area (Å²) in [5.74, 6) is 1.23. The van der Waals surface area contributed by atoms with Gasteiger partial charge in [0.05, 0.1) is 19.8 Å². The second-order valence-corrected chi connectivity index (χ2v) is 5.34. The molecular weight excluding hydrogens is 324 g/mol. The van der Waals surface area contributed by atoms with Gasteiger partial charge in [-0.25, -0.2) is 4.79 Å². The highest BCUT2D eigenvalue weighted by Gasteiger charge is 2.16. The third-order valence-corrected chi connectivity index (χ3v) is 3.80. The second-order valence-electron chi connectivity index (χ2n) is 5.34. The molecule has 3 rings (SSSR count). The molecule has 0 fully saturated rings. The average Bonchev–Trinajstić information content (AvgIpc) is 2.65. The largest absolute Gasteiger partial charge is 0.493 e. The lowest BCUT2D eigenvalue weighted by molar-refractivity contribution is -0.130. The molecule has 0 spiro atoms. The van der Waals surface area contributed by atoms with E-state index in [9.17, 15) is 9.90 Å². The van der Waals surface area contributed by atoms with Crippen LogP contribution >= 0.6 is 0 Å². The lowest BCUT2D eigenvalue weighted by Crippen LogP contribution is -2.15. The quantitative estimate of drug-likeness (QED) is 0.665. The number of carboxylic acids is 1. The summed E-state index contributed by atoms with van der Waals surface area (Å²) in [4.78, 5) is 11.8. The van der Waals surface area contributed by atoms with Crippen molar-refractivity contribution in [3.05, 3.63) is 47.5 Å². The van der Waals surface area contributed by atoms with Gasteiger partial charge in [0.2, 0.25) is 0 Å². The Labute approximate surface area is 145 Å². The summed E-state index contributed by atoms with van der Waals surface area (Å²) in [5.41, 5.74) is 1.36.